The van der Waals surface area contributed by atoms with Crippen molar-refractivity contribution in [1.29, 1.82) is 0 Å². The van der Waals surface area contributed by atoms with E-state index in [-0.39, 0.29) is 21.0 Å². The van der Waals surface area contributed by atoms with Crippen LogP contribution in [0.5, 0.6) is 0 Å². The van der Waals surface area contributed by atoms with E-state index in [4.69, 9.17) is 11.6 Å². The van der Waals surface area contributed by atoms with Gasteiger partial charge >= 0.3 is 0 Å². The molecule has 10 heteroatoms. The number of halogens is 1. The predicted molar refractivity (Wildman–Crippen MR) is 122 cm³/mol. The van der Waals surface area contributed by atoms with Gasteiger partial charge in [-0.05, 0) is 49.2 Å². The van der Waals surface area contributed by atoms with Crippen molar-refractivity contribution < 1.29 is 13.2 Å². The average Bonchev–Trinajstić information content (AvgIpc) is 2.80. The number of piperidine rings is 1. The van der Waals surface area contributed by atoms with Crippen molar-refractivity contribution in [2.75, 3.05) is 18.4 Å². The van der Waals surface area contributed by atoms with E-state index in [0.717, 1.165) is 19.3 Å². The number of rotatable bonds is 5. The lowest BCUT2D eigenvalue weighted by Crippen LogP contribution is -2.35. The summed E-state index contributed by atoms with van der Waals surface area (Å²) in [5.41, 5.74) is 1.45. The van der Waals surface area contributed by atoms with Gasteiger partial charge in [0, 0.05) is 30.4 Å². The van der Waals surface area contributed by atoms with Gasteiger partial charge in [0.1, 0.15) is 0 Å². The molecule has 8 nitrogen and oxygen atoms in total. The average molecular weight is 473 g/mol. The van der Waals surface area contributed by atoms with Crippen LogP contribution in [-0.2, 0) is 10.0 Å². The van der Waals surface area contributed by atoms with Gasteiger partial charge in [-0.1, -0.05) is 30.2 Å². The number of aromatic nitrogens is 2. The molecule has 3 aromatic rings. The Morgan fingerprint density at radius 1 is 1.03 bits per heavy atom. The van der Waals surface area contributed by atoms with Crippen LogP contribution in [0.15, 0.2) is 64.3 Å². The number of aromatic amines is 1. The van der Waals surface area contributed by atoms with Gasteiger partial charge in [-0.3, -0.25) is 9.59 Å². The lowest BCUT2D eigenvalue weighted by molar-refractivity contribution is 0.102. The number of hydrogen-bond donors (Lipinski definition) is 2. The largest absolute Gasteiger partial charge is 0.322 e. The van der Waals surface area contributed by atoms with Crippen LogP contribution in [0.2, 0.25) is 5.02 Å². The third kappa shape index (κ3) is 4.74. The van der Waals surface area contributed by atoms with Crippen molar-refractivity contribution in [3.05, 3.63) is 75.5 Å². The Kier molecular flexibility index (Phi) is 6.40. The first-order valence-corrected chi connectivity index (χ1v) is 11.9. The quantitative estimate of drug-likeness (QED) is 0.590. The maximum atomic E-state index is 13.0. The normalized spacial score (nSPS) is 14.8. The molecule has 0 bridgehead atoms. The number of carbonyl (C=O) groups is 1. The number of benzene rings is 2. The monoisotopic (exact) mass is 472 g/mol. The second-order valence-electron chi connectivity index (χ2n) is 7.45. The minimum absolute atomic E-state index is 0.0418. The van der Waals surface area contributed by atoms with Crippen molar-refractivity contribution in [3.8, 4) is 11.3 Å². The highest BCUT2D eigenvalue weighted by Crippen LogP contribution is 2.26. The topological polar surface area (TPSA) is 112 Å². The fourth-order valence-electron chi connectivity index (χ4n) is 3.55. The summed E-state index contributed by atoms with van der Waals surface area (Å²) in [7, 11) is -3.70. The molecule has 166 valence electrons. The van der Waals surface area contributed by atoms with E-state index in [1.165, 1.54) is 28.6 Å². The molecule has 1 saturated heterocycles. The molecular weight excluding hydrogens is 452 g/mol. The molecule has 32 heavy (non-hydrogen) atoms. The second-order valence-corrected chi connectivity index (χ2v) is 9.79. The van der Waals surface area contributed by atoms with Gasteiger partial charge in [0.15, 0.2) is 0 Å². The second kappa shape index (κ2) is 9.23. The highest BCUT2D eigenvalue weighted by atomic mass is 35.5. The zero-order valence-electron chi connectivity index (χ0n) is 17.0. The van der Waals surface area contributed by atoms with E-state index >= 15 is 0 Å². The third-order valence-electron chi connectivity index (χ3n) is 5.23. The van der Waals surface area contributed by atoms with E-state index in [1.807, 2.05) is 0 Å². The summed E-state index contributed by atoms with van der Waals surface area (Å²) in [5.74, 6) is -0.530. The molecular formula is C22H21ClN4O4S. The van der Waals surface area contributed by atoms with E-state index in [1.54, 1.807) is 30.3 Å². The number of anilines is 1. The molecule has 0 unspecified atom stereocenters. The number of H-pyrrole nitrogens is 1. The lowest BCUT2D eigenvalue weighted by atomic mass is 10.1. The fraction of sp³-hybridized carbons (Fsp3) is 0.227. The molecule has 0 radical (unpaired) electrons. The standard InChI is InChI=1S/C22H21ClN4O4S/c23-19-8-7-17(32(30,31)27-11-2-1-3-12-27)14-18(19)22(29)24-16-6-4-5-15(13-16)20-9-10-21(28)26-25-20/h4-10,13-14H,1-3,11-12H2,(H,24,29)(H,26,28). The van der Waals surface area contributed by atoms with Crippen molar-refractivity contribution in [2.45, 2.75) is 24.2 Å². The first-order valence-electron chi connectivity index (χ1n) is 10.1. The molecule has 2 N–H and O–H groups in total. The smallest absolute Gasteiger partial charge is 0.264 e. The Bertz CT molecular complexity index is 1300. The molecule has 0 atom stereocenters. The van der Waals surface area contributed by atoms with E-state index in [0.29, 0.717) is 30.0 Å². The van der Waals surface area contributed by atoms with E-state index in [2.05, 4.69) is 15.5 Å². The Hall–Kier alpha value is -3.01. The van der Waals surface area contributed by atoms with E-state index in [9.17, 15) is 18.0 Å². The zero-order valence-corrected chi connectivity index (χ0v) is 18.6. The minimum atomic E-state index is -3.70. The van der Waals surface area contributed by atoms with Crippen LogP contribution in [0, 0.1) is 0 Å². The van der Waals surface area contributed by atoms with Crippen molar-refractivity contribution in [1.82, 2.24) is 14.5 Å². The summed E-state index contributed by atoms with van der Waals surface area (Å²) in [6.07, 6.45) is 2.65. The van der Waals surface area contributed by atoms with Gasteiger partial charge in [-0.25, -0.2) is 13.5 Å². The van der Waals surface area contributed by atoms with Crippen molar-refractivity contribution >= 4 is 33.2 Å². The van der Waals surface area contributed by atoms with Crippen LogP contribution in [-0.4, -0.2) is 41.9 Å². The molecule has 2 aromatic carbocycles. The number of nitrogens with one attached hydrogen (secondary N) is 2. The van der Waals surface area contributed by atoms with Crippen LogP contribution in [0.25, 0.3) is 11.3 Å². The van der Waals surface area contributed by atoms with Crippen LogP contribution in [0.1, 0.15) is 29.6 Å². The summed E-state index contributed by atoms with van der Waals surface area (Å²) in [6.45, 7) is 0.941. The molecule has 2 heterocycles. The van der Waals surface area contributed by atoms with Crippen molar-refractivity contribution in [3.63, 3.8) is 0 Å². The predicted octanol–water partition coefficient (Wildman–Crippen LogP) is 3.52. The first kappa shape index (κ1) is 22.2. The summed E-state index contributed by atoms with van der Waals surface area (Å²) in [5, 5.41) is 9.25. The van der Waals surface area contributed by atoms with Crippen LogP contribution in [0.4, 0.5) is 5.69 Å². The fourth-order valence-corrected chi connectivity index (χ4v) is 5.30. The Balaban J connectivity index is 1.59. The zero-order chi connectivity index (χ0) is 22.7. The molecule has 1 fully saturated rings. The van der Waals surface area contributed by atoms with E-state index < -0.39 is 15.9 Å². The third-order valence-corrected chi connectivity index (χ3v) is 7.45. The van der Waals surface area contributed by atoms with Crippen LogP contribution >= 0.6 is 11.6 Å². The molecule has 1 amide bonds. The van der Waals surface area contributed by atoms with Gasteiger partial charge in [0.2, 0.25) is 10.0 Å². The maximum Gasteiger partial charge on any atom is 0.264 e. The highest BCUT2D eigenvalue weighted by Gasteiger charge is 2.27. The maximum absolute atomic E-state index is 13.0. The summed E-state index contributed by atoms with van der Waals surface area (Å²) >= 11 is 6.22. The van der Waals surface area contributed by atoms with Crippen molar-refractivity contribution in [2.24, 2.45) is 0 Å². The molecule has 1 aliphatic rings. The molecule has 4 rings (SSSR count). The summed E-state index contributed by atoms with van der Waals surface area (Å²) in [6, 6.07) is 14.0. The number of sulfonamides is 1. The Morgan fingerprint density at radius 2 is 1.81 bits per heavy atom. The number of carbonyl (C=O) groups excluding carboxylic acids is 1. The van der Waals surface area contributed by atoms with Crippen LogP contribution in [0.3, 0.4) is 0 Å². The van der Waals surface area contributed by atoms with Gasteiger partial charge in [-0.2, -0.15) is 9.40 Å². The van der Waals surface area contributed by atoms with Gasteiger partial charge in [-0.15, -0.1) is 0 Å². The number of nitrogens with zero attached hydrogens (tertiary/aromatic N) is 2. The molecule has 0 aliphatic carbocycles. The summed E-state index contributed by atoms with van der Waals surface area (Å²) in [4.78, 5) is 24.2. The number of amides is 1. The molecule has 0 saturated carbocycles. The van der Waals surface area contributed by atoms with Gasteiger partial charge in [0.05, 0.1) is 21.2 Å². The van der Waals surface area contributed by atoms with Gasteiger partial charge in [0.25, 0.3) is 11.5 Å². The molecule has 1 aliphatic heterocycles. The Morgan fingerprint density at radius 3 is 2.53 bits per heavy atom. The molecule has 1 aromatic heterocycles. The summed E-state index contributed by atoms with van der Waals surface area (Å²) < 4.78 is 27.4. The first-order chi connectivity index (χ1) is 15.3. The molecule has 0 spiro atoms. The lowest BCUT2D eigenvalue weighted by Gasteiger charge is -2.26. The van der Waals surface area contributed by atoms with Crippen LogP contribution < -0.4 is 10.9 Å². The minimum Gasteiger partial charge on any atom is -0.322 e. The number of hydrogen-bond acceptors (Lipinski definition) is 5. The SMILES string of the molecule is O=C(Nc1cccc(-c2ccc(=O)[nH]n2)c1)c1cc(S(=O)(=O)N2CCCCC2)ccc1Cl. The Labute approximate surface area is 190 Å². The van der Waals surface area contributed by atoms with Gasteiger partial charge < -0.3 is 5.32 Å². The highest BCUT2D eigenvalue weighted by molar-refractivity contribution is 7.89.